The predicted molar refractivity (Wildman–Crippen MR) is 53.0 cm³/mol. The summed E-state index contributed by atoms with van der Waals surface area (Å²) in [5.41, 5.74) is -4.15. The van der Waals surface area contributed by atoms with Crippen molar-refractivity contribution in [1.82, 2.24) is 0 Å². The second-order valence-electron chi connectivity index (χ2n) is 3.68. The maximum Gasteiger partial charge on any atom is 0.417 e. The van der Waals surface area contributed by atoms with E-state index in [0.717, 1.165) is 24.5 Å². The highest BCUT2D eigenvalue weighted by Gasteiger charge is 2.44. The lowest BCUT2D eigenvalue weighted by Crippen LogP contribution is -2.17. The van der Waals surface area contributed by atoms with Crippen molar-refractivity contribution in [3.63, 3.8) is 0 Å². The molecule has 19 heavy (non-hydrogen) atoms. The Kier molecular flexibility index (Phi) is 3.07. The minimum atomic E-state index is -5.13. The highest BCUT2D eigenvalue weighted by Crippen LogP contribution is 2.44. The molecule has 1 nitrogen and oxygen atoms in total. The Labute approximate surface area is 103 Å². The first-order valence-corrected chi connectivity index (χ1v) is 4.93. The molecular formula is C12H5F6O. The number of benzene rings is 1. The largest absolute Gasteiger partial charge is 0.460 e. The fourth-order valence-electron chi connectivity index (χ4n) is 1.70. The molecule has 7 heteroatoms. The van der Waals surface area contributed by atoms with Gasteiger partial charge in [0.25, 0.3) is 0 Å². The average molecular weight is 279 g/mol. The molecule has 0 aliphatic carbocycles. The van der Waals surface area contributed by atoms with Crippen LogP contribution in [0.4, 0.5) is 26.3 Å². The van der Waals surface area contributed by atoms with Gasteiger partial charge in [-0.3, -0.25) is 0 Å². The molecule has 0 fully saturated rings. The molecule has 0 N–H and O–H groups in total. The average Bonchev–Trinajstić information content (AvgIpc) is 2.79. The molecule has 1 aromatic carbocycles. The first kappa shape index (κ1) is 13.5. The zero-order valence-electron chi connectivity index (χ0n) is 9.06. The lowest BCUT2D eigenvalue weighted by molar-refractivity contribution is -0.161. The van der Waals surface area contributed by atoms with Gasteiger partial charge in [0.1, 0.15) is 0 Å². The fraction of sp³-hybridized carbons (Fsp3) is 0.167. The Morgan fingerprint density at radius 3 is 2.11 bits per heavy atom. The first-order chi connectivity index (χ1) is 8.71. The third-order valence-electron chi connectivity index (χ3n) is 2.43. The summed E-state index contributed by atoms with van der Waals surface area (Å²) in [6.45, 7) is 0. The van der Waals surface area contributed by atoms with Crippen LogP contribution in [0.3, 0.4) is 0 Å². The quantitative estimate of drug-likeness (QED) is 0.684. The molecule has 2 aromatic rings. The van der Waals surface area contributed by atoms with E-state index in [-0.39, 0.29) is 5.56 Å². The van der Waals surface area contributed by atoms with Gasteiger partial charge in [-0.25, -0.2) is 0 Å². The summed E-state index contributed by atoms with van der Waals surface area (Å²) in [6.07, 6.45) is -7.17. The SMILES string of the molecule is FC(F)(F)c1cccc(-c2c[c]oc2)c1C(F)(F)F. The number of hydrogen-bond acceptors (Lipinski definition) is 1. The summed E-state index contributed by atoms with van der Waals surface area (Å²) in [4.78, 5) is 0. The minimum absolute atomic E-state index is 0.113. The van der Waals surface area contributed by atoms with Crippen LogP contribution in [0.1, 0.15) is 11.1 Å². The Hall–Kier alpha value is -1.92. The van der Waals surface area contributed by atoms with E-state index in [4.69, 9.17) is 0 Å². The van der Waals surface area contributed by atoms with Crippen molar-refractivity contribution in [2.45, 2.75) is 12.4 Å². The van der Waals surface area contributed by atoms with Crippen molar-refractivity contribution in [3.05, 3.63) is 47.9 Å². The van der Waals surface area contributed by atoms with Crippen LogP contribution in [0.15, 0.2) is 34.9 Å². The van der Waals surface area contributed by atoms with Crippen LogP contribution >= 0.6 is 0 Å². The van der Waals surface area contributed by atoms with Crippen LogP contribution in [-0.4, -0.2) is 0 Å². The van der Waals surface area contributed by atoms with Gasteiger partial charge in [-0.15, -0.1) is 0 Å². The number of rotatable bonds is 1. The van der Waals surface area contributed by atoms with E-state index in [1.54, 1.807) is 0 Å². The highest BCUT2D eigenvalue weighted by molar-refractivity contribution is 5.68. The number of furan rings is 1. The van der Waals surface area contributed by atoms with E-state index in [1.165, 1.54) is 0 Å². The molecule has 1 aromatic heterocycles. The van der Waals surface area contributed by atoms with Crippen molar-refractivity contribution >= 4 is 0 Å². The van der Waals surface area contributed by atoms with E-state index in [0.29, 0.717) is 6.07 Å². The van der Waals surface area contributed by atoms with Crippen molar-refractivity contribution in [2.24, 2.45) is 0 Å². The molecule has 0 spiro atoms. The second-order valence-corrected chi connectivity index (χ2v) is 3.68. The van der Waals surface area contributed by atoms with Gasteiger partial charge in [0.05, 0.1) is 17.4 Å². The molecule has 2 rings (SSSR count). The number of halogens is 6. The third kappa shape index (κ3) is 2.59. The Balaban J connectivity index is 2.76. The molecule has 101 valence electrons. The first-order valence-electron chi connectivity index (χ1n) is 4.93. The highest BCUT2D eigenvalue weighted by atomic mass is 19.4. The molecule has 1 radical (unpaired) electrons. The van der Waals surface area contributed by atoms with Crippen molar-refractivity contribution in [2.75, 3.05) is 0 Å². The van der Waals surface area contributed by atoms with Gasteiger partial charge in [0, 0.05) is 5.56 Å². The summed E-state index contributed by atoms with van der Waals surface area (Å²) in [7, 11) is 0. The topological polar surface area (TPSA) is 13.1 Å². The molecule has 0 aliphatic heterocycles. The van der Waals surface area contributed by atoms with Crippen LogP contribution in [0.5, 0.6) is 0 Å². The number of alkyl halides is 6. The van der Waals surface area contributed by atoms with Gasteiger partial charge in [-0.2, -0.15) is 26.3 Å². The van der Waals surface area contributed by atoms with E-state index in [1.807, 2.05) is 0 Å². The Morgan fingerprint density at radius 2 is 1.63 bits per heavy atom. The van der Waals surface area contributed by atoms with E-state index < -0.39 is 29.0 Å². The summed E-state index contributed by atoms with van der Waals surface area (Å²) >= 11 is 0. The molecule has 0 saturated heterocycles. The molecular weight excluding hydrogens is 274 g/mol. The zero-order valence-corrected chi connectivity index (χ0v) is 9.06. The van der Waals surface area contributed by atoms with Crippen LogP contribution in [0.2, 0.25) is 0 Å². The minimum Gasteiger partial charge on any atom is -0.460 e. The molecule has 0 aliphatic rings. The standard InChI is InChI=1S/C12H5F6O/c13-11(14,15)9-3-1-2-8(7-4-5-19-6-7)10(9)12(16,17)18/h1-4,6H. The smallest absolute Gasteiger partial charge is 0.417 e. The maximum absolute atomic E-state index is 12.9. The summed E-state index contributed by atoms with van der Waals surface area (Å²) in [5, 5.41) is 0. The lowest BCUT2D eigenvalue weighted by atomic mass is 9.96. The van der Waals surface area contributed by atoms with Gasteiger partial charge in [0.15, 0.2) is 6.26 Å². The fourth-order valence-corrected chi connectivity index (χ4v) is 1.70. The van der Waals surface area contributed by atoms with Gasteiger partial charge < -0.3 is 4.42 Å². The third-order valence-corrected chi connectivity index (χ3v) is 2.43. The molecule has 0 atom stereocenters. The van der Waals surface area contributed by atoms with Crippen molar-refractivity contribution in [3.8, 4) is 11.1 Å². The molecule has 1 heterocycles. The lowest BCUT2D eigenvalue weighted by Gasteiger charge is -2.18. The number of hydrogen-bond donors (Lipinski definition) is 0. The normalized spacial score (nSPS) is 12.7. The van der Waals surface area contributed by atoms with Crippen LogP contribution in [0.25, 0.3) is 11.1 Å². The second kappa shape index (κ2) is 4.32. The summed E-state index contributed by atoms with van der Waals surface area (Å²) < 4.78 is 81.2. The van der Waals surface area contributed by atoms with E-state index >= 15 is 0 Å². The van der Waals surface area contributed by atoms with Crippen LogP contribution < -0.4 is 0 Å². The zero-order chi connectivity index (χ0) is 14.3. The summed E-state index contributed by atoms with van der Waals surface area (Å²) in [5.74, 6) is 0. The summed E-state index contributed by atoms with van der Waals surface area (Å²) in [6, 6.07) is 3.32. The van der Waals surface area contributed by atoms with Crippen molar-refractivity contribution < 1.29 is 30.8 Å². The molecule has 0 bridgehead atoms. The van der Waals surface area contributed by atoms with Gasteiger partial charge >= 0.3 is 12.4 Å². The molecule has 0 unspecified atom stereocenters. The van der Waals surface area contributed by atoms with Gasteiger partial charge in [-0.05, 0) is 17.7 Å². The Bertz CT molecular complexity index is 565. The van der Waals surface area contributed by atoms with Gasteiger partial charge in [-0.1, -0.05) is 12.1 Å². The van der Waals surface area contributed by atoms with Crippen molar-refractivity contribution in [1.29, 1.82) is 0 Å². The van der Waals surface area contributed by atoms with E-state index in [2.05, 4.69) is 10.7 Å². The molecule has 0 amide bonds. The van der Waals surface area contributed by atoms with Gasteiger partial charge in [0.2, 0.25) is 0 Å². The predicted octanol–water partition coefficient (Wildman–Crippen LogP) is 4.78. The van der Waals surface area contributed by atoms with Crippen LogP contribution in [0, 0.1) is 6.26 Å². The monoisotopic (exact) mass is 279 g/mol. The molecule has 0 saturated carbocycles. The Morgan fingerprint density at radius 1 is 0.947 bits per heavy atom. The maximum atomic E-state index is 12.9. The van der Waals surface area contributed by atoms with E-state index in [9.17, 15) is 26.3 Å². The van der Waals surface area contributed by atoms with Crippen LogP contribution in [-0.2, 0) is 12.4 Å².